The molecule has 0 saturated heterocycles. The lowest BCUT2D eigenvalue weighted by atomic mass is 10.1. The molecule has 3 nitrogen and oxygen atoms in total. The second-order valence-electron chi connectivity index (χ2n) is 3.57. The summed E-state index contributed by atoms with van der Waals surface area (Å²) in [7, 11) is 1.69. The van der Waals surface area contributed by atoms with Gasteiger partial charge in [0, 0.05) is 19.7 Å². The molecule has 2 N–H and O–H groups in total. The van der Waals surface area contributed by atoms with Crippen LogP contribution in [0.15, 0.2) is 24.3 Å². The van der Waals surface area contributed by atoms with Gasteiger partial charge in [-0.2, -0.15) is 0 Å². The number of aliphatic hydroxyl groups excluding tert-OH is 1. The highest BCUT2D eigenvalue weighted by Crippen LogP contribution is 2.13. The first-order valence-corrected chi connectivity index (χ1v) is 5.20. The van der Waals surface area contributed by atoms with E-state index in [0.717, 1.165) is 12.1 Å². The van der Waals surface area contributed by atoms with Gasteiger partial charge >= 0.3 is 0 Å². The molecule has 0 amide bonds. The first kappa shape index (κ1) is 12.2. The van der Waals surface area contributed by atoms with Crippen LogP contribution < -0.4 is 5.32 Å². The molecule has 0 fully saturated rings. The van der Waals surface area contributed by atoms with Crippen molar-refractivity contribution in [2.75, 3.05) is 20.3 Å². The number of ether oxygens (including phenoxy) is 1. The molecular weight excluding hydrogens is 190 g/mol. The third-order valence-electron chi connectivity index (χ3n) is 2.39. The molecule has 0 heterocycles. The summed E-state index contributed by atoms with van der Waals surface area (Å²) in [5, 5.41) is 12.4. The van der Waals surface area contributed by atoms with Crippen LogP contribution in [-0.4, -0.2) is 25.4 Å². The van der Waals surface area contributed by atoms with E-state index in [4.69, 9.17) is 9.84 Å². The molecule has 0 aliphatic rings. The van der Waals surface area contributed by atoms with E-state index in [0.29, 0.717) is 6.61 Å². The van der Waals surface area contributed by atoms with Crippen LogP contribution in [0.3, 0.4) is 0 Å². The van der Waals surface area contributed by atoms with Gasteiger partial charge in [-0.05, 0) is 18.1 Å². The summed E-state index contributed by atoms with van der Waals surface area (Å²) < 4.78 is 4.97. The molecule has 15 heavy (non-hydrogen) atoms. The number of aliphatic hydroxyl groups is 1. The van der Waals surface area contributed by atoms with Gasteiger partial charge in [-0.1, -0.05) is 24.3 Å². The van der Waals surface area contributed by atoms with Crippen molar-refractivity contribution in [3.63, 3.8) is 0 Å². The normalized spacial score (nSPS) is 12.7. The maximum absolute atomic E-state index is 9.02. The van der Waals surface area contributed by atoms with Crippen molar-refractivity contribution >= 4 is 0 Å². The zero-order valence-corrected chi connectivity index (χ0v) is 9.36. The molecule has 0 spiro atoms. The molecule has 84 valence electrons. The van der Waals surface area contributed by atoms with Gasteiger partial charge in [0.2, 0.25) is 0 Å². The van der Waals surface area contributed by atoms with Crippen molar-refractivity contribution in [1.29, 1.82) is 0 Å². The Bertz CT molecular complexity index is 289. The summed E-state index contributed by atoms with van der Waals surface area (Å²) in [5.41, 5.74) is 2.14. The zero-order valence-electron chi connectivity index (χ0n) is 9.36. The van der Waals surface area contributed by atoms with E-state index >= 15 is 0 Å². The minimum Gasteiger partial charge on any atom is -0.392 e. The molecule has 0 saturated carbocycles. The maximum atomic E-state index is 9.02. The SMILES string of the molecule is COCCNC(C)c1cccc(CO)c1. The quantitative estimate of drug-likeness (QED) is 0.697. The van der Waals surface area contributed by atoms with E-state index in [1.807, 2.05) is 18.2 Å². The Labute approximate surface area is 91.1 Å². The van der Waals surface area contributed by atoms with Crippen LogP contribution in [0.25, 0.3) is 0 Å². The lowest BCUT2D eigenvalue weighted by Crippen LogP contribution is -2.22. The second kappa shape index (κ2) is 6.56. The molecule has 3 heteroatoms. The van der Waals surface area contributed by atoms with E-state index in [9.17, 15) is 0 Å². The van der Waals surface area contributed by atoms with Crippen LogP contribution in [0.4, 0.5) is 0 Å². The largest absolute Gasteiger partial charge is 0.392 e. The number of benzene rings is 1. The summed E-state index contributed by atoms with van der Waals surface area (Å²) in [5.74, 6) is 0. The Morgan fingerprint density at radius 2 is 2.27 bits per heavy atom. The predicted octanol–water partition coefficient (Wildman–Crippen LogP) is 1.48. The first-order chi connectivity index (χ1) is 7.27. The molecule has 0 bridgehead atoms. The number of nitrogens with one attached hydrogen (secondary N) is 1. The van der Waals surface area contributed by atoms with Gasteiger partial charge in [-0.25, -0.2) is 0 Å². The Morgan fingerprint density at radius 3 is 2.93 bits per heavy atom. The maximum Gasteiger partial charge on any atom is 0.0681 e. The fourth-order valence-corrected chi connectivity index (χ4v) is 1.46. The molecule has 0 aliphatic heterocycles. The van der Waals surface area contributed by atoms with Crippen LogP contribution >= 0.6 is 0 Å². The van der Waals surface area contributed by atoms with Gasteiger partial charge in [-0.15, -0.1) is 0 Å². The lowest BCUT2D eigenvalue weighted by molar-refractivity contribution is 0.196. The minimum atomic E-state index is 0.0959. The highest BCUT2D eigenvalue weighted by molar-refractivity contribution is 5.25. The van der Waals surface area contributed by atoms with Crippen LogP contribution in [0.1, 0.15) is 24.1 Å². The summed E-state index contributed by atoms with van der Waals surface area (Å²) in [6, 6.07) is 8.25. The monoisotopic (exact) mass is 209 g/mol. The zero-order chi connectivity index (χ0) is 11.1. The highest BCUT2D eigenvalue weighted by atomic mass is 16.5. The van der Waals surface area contributed by atoms with Crippen LogP contribution in [0, 0.1) is 0 Å². The van der Waals surface area contributed by atoms with Crippen molar-refractivity contribution in [3.8, 4) is 0 Å². The third kappa shape index (κ3) is 4.00. The smallest absolute Gasteiger partial charge is 0.0681 e. The van der Waals surface area contributed by atoms with Crippen LogP contribution in [0.5, 0.6) is 0 Å². The molecule has 1 atom stereocenters. The Hall–Kier alpha value is -0.900. The highest BCUT2D eigenvalue weighted by Gasteiger charge is 2.04. The Kier molecular flexibility index (Phi) is 5.32. The Balaban J connectivity index is 2.52. The predicted molar refractivity (Wildman–Crippen MR) is 60.7 cm³/mol. The van der Waals surface area contributed by atoms with E-state index in [2.05, 4.69) is 18.3 Å². The molecule has 1 aromatic rings. The van der Waals surface area contributed by atoms with Gasteiger partial charge < -0.3 is 15.2 Å². The van der Waals surface area contributed by atoms with Crippen molar-refractivity contribution in [1.82, 2.24) is 5.32 Å². The van der Waals surface area contributed by atoms with E-state index in [1.165, 1.54) is 5.56 Å². The topological polar surface area (TPSA) is 41.5 Å². The molecule has 1 rings (SSSR count). The number of methoxy groups -OCH3 is 1. The molecular formula is C12H19NO2. The first-order valence-electron chi connectivity index (χ1n) is 5.20. The summed E-state index contributed by atoms with van der Waals surface area (Å²) in [4.78, 5) is 0. The molecule has 0 radical (unpaired) electrons. The van der Waals surface area contributed by atoms with Crippen LogP contribution in [-0.2, 0) is 11.3 Å². The molecule has 1 unspecified atom stereocenters. The molecule has 0 aliphatic carbocycles. The third-order valence-corrected chi connectivity index (χ3v) is 2.39. The average molecular weight is 209 g/mol. The number of rotatable bonds is 6. The Morgan fingerprint density at radius 1 is 1.47 bits per heavy atom. The van der Waals surface area contributed by atoms with Gasteiger partial charge in [0.05, 0.1) is 13.2 Å². The van der Waals surface area contributed by atoms with Gasteiger partial charge in [-0.3, -0.25) is 0 Å². The minimum absolute atomic E-state index is 0.0959. The van der Waals surface area contributed by atoms with E-state index in [1.54, 1.807) is 7.11 Å². The number of hydrogen-bond acceptors (Lipinski definition) is 3. The van der Waals surface area contributed by atoms with Gasteiger partial charge in [0.15, 0.2) is 0 Å². The second-order valence-corrected chi connectivity index (χ2v) is 3.57. The van der Waals surface area contributed by atoms with Crippen molar-refractivity contribution in [2.45, 2.75) is 19.6 Å². The summed E-state index contributed by atoms with van der Waals surface area (Å²) in [6.07, 6.45) is 0. The molecule has 0 aromatic heterocycles. The van der Waals surface area contributed by atoms with Gasteiger partial charge in [0.25, 0.3) is 0 Å². The molecule has 1 aromatic carbocycles. The van der Waals surface area contributed by atoms with Gasteiger partial charge in [0.1, 0.15) is 0 Å². The van der Waals surface area contributed by atoms with E-state index in [-0.39, 0.29) is 12.6 Å². The standard InChI is InChI=1S/C12H19NO2/c1-10(13-6-7-15-2)12-5-3-4-11(8-12)9-14/h3-5,8,10,13-14H,6-7,9H2,1-2H3. The average Bonchev–Trinajstić information content (AvgIpc) is 2.29. The van der Waals surface area contributed by atoms with Crippen molar-refractivity contribution in [2.24, 2.45) is 0 Å². The summed E-state index contributed by atoms with van der Waals surface area (Å²) >= 11 is 0. The van der Waals surface area contributed by atoms with E-state index < -0.39 is 0 Å². The van der Waals surface area contributed by atoms with Crippen LogP contribution in [0.2, 0.25) is 0 Å². The fraction of sp³-hybridized carbons (Fsp3) is 0.500. The van der Waals surface area contributed by atoms with Crippen molar-refractivity contribution in [3.05, 3.63) is 35.4 Å². The van der Waals surface area contributed by atoms with Crippen molar-refractivity contribution < 1.29 is 9.84 Å². The lowest BCUT2D eigenvalue weighted by Gasteiger charge is -2.14. The number of hydrogen-bond donors (Lipinski definition) is 2. The summed E-state index contributed by atoms with van der Waals surface area (Å²) in [6.45, 7) is 3.75. The fourth-order valence-electron chi connectivity index (χ4n) is 1.46.